The zero-order chi connectivity index (χ0) is 12.4. The number of hydrogen-bond acceptors (Lipinski definition) is 4. The van der Waals surface area contributed by atoms with Gasteiger partial charge >= 0.3 is 5.97 Å². The molecule has 0 aromatic heterocycles. The number of unbranched alkanes of at least 4 members (excludes halogenated alkanes) is 3. The molecule has 0 aliphatic carbocycles. The van der Waals surface area contributed by atoms with Crippen LogP contribution in [0, 0.1) is 0 Å². The summed E-state index contributed by atoms with van der Waals surface area (Å²) >= 11 is 0. The molecule has 4 nitrogen and oxygen atoms in total. The van der Waals surface area contributed by atoms with E-state index in [4.69, 9.17) is 10.5 Å². The first-order chi connectivity index (χ1) is 7.61. The summed E-state index contributed by atoms with van der Waals surface area (Å²) in [7, 11) is 0. The second-order valence-electron chi connectivity index (χ2n) is 4.19. The van der Waals surface area contributed by atoms with Crippen molar-refractivity contribution in [1.29, 1.82) is 0 Å². The number of ether oxygens (including phenoxy) is 1. The molecule has 0 aromatic rings. The lowest BCUT2D eigenvalue weighted by Gasteiger charge is -2.15. The Morgan fingerprint density at radius 2 is 2.00 bits per heavy atom. The Labute approximate surface area is 98.2 Å². The average Bonchev–Trinajstić information content (AvgIpc) is 2.24. The molecule has 2 atom stereocenters. The number of nitrogens with two attached hydrogens (primary N) is 1. The van der Waals surface area contributed by atoms with Gasteiger partial charge in [0.2, 0.25) is 0 Å². The smallest absolute Gasteiger partial charge is 0.335 e. The third-order valence-electron chi connectivity index (χ3n) is 2.49. The molecule has 96 valence electrons. The van der Waals surface area contributed by atoms with Crippen LogP contribution in [0.15, 0.2) is 0 Å². The van der Waals surface area contributed by atoms with Crippen molar-refractivity contribution in [2.45, 2.75) is 64.6 Å². The van der Waals surface area contributed by atoms with Crippen LogP contribution in [0.25, 0.3) is 0 Å². The minimum atomic E-state index is -1.07. The van der Waals surface area contributed by atoms with Crippen molar-refractivity contribution >= 4 is 5.97 Å². The van der Waals surface area contributed by atoms with E-state index in [1.165, 1.54) is 19.3 Å². The molecule has 4 heteroatoms. The van der Waals surface area contributed by atoms with E-state index in [0.717, 1.165) is 12.8 Å². The molecule has 3 N–H and O–H groups in total. The van der Waals surface area contributed by atoms with Crippen molar-refractivity contribution in [2.24, 2.45) is 5.73 Å². The maximum Gasteiger partial charge on any atom is 0.335 e. The summed E-state index contributed by atoms with van der Waals surface area (Å²) in [5, 5.41) is 9.32. The lowest BCUT2D eigenvalue weighted by atomic mass is 10.1. The monoisotopic (exact) mass is 231 g/mol. The molecule has 0 spiro atoms. The molecule has 0 aliphatic heterocycles. The van der Waals surface area contributed by atoms with Crippen LogP contribution in [0.3, 0.4) is 0 Å². The van der Waals surface area contributed by atoms with Gasteiger partial charge in [-0.25, -0.2) is 4.79 Å². The van der Waals surface area contributed by atoms with Crippen LogP contribution in [0.4, 0.5) is 0 Å². The number of aliphatic hydroxyl groups excluding tert-OH is 1. The van der Waals surface area contributed by atoms with Crippen LogP contribution in [0.2, 0.25) is 0 Å². The lowest BCUT2D eigenvalue weighted by molar-refractivity contribution is -0.158. The topological polar surface area (TPSA) is 72.5 Å². The van der Waals surface area contributed by atoms with Gasteiger partial charge in [0.1, 0.15) is 0 Å². The summed E-state index contributed by atoms with van der Waals surface area (Å²) < 4.78 is 5.10. The van der Waals surface area contributed by atoms with Crippen molar-refractivity contribution in [3.63, 3.8) is 0 Å². The highest BCUT2D eigenvalue weighted by atomic mass is 16.6. The van der Waals surface area contributed by atoms with Gasteiger partial charge in [-0.05, 0) is 32.7 Å². The number of esters is 1. The van der Waals surface area contributed by atoms with Crippen molar-refractivity contribution in [3.05, 3.63) is 0 Å². The highest BCUT2D eigenvalue weighted by Gasteiger charge is 2.17. The number of aliphatic hydroxyl groups is 1. The predicted octanol–water partition coefficient (Wildman–Crippen LogP) is 1.60. The predicted molar refractivity (Wildman–Crippen MR) is 64.0 cm³/mol. The van der Waals surface area contributed by atoms with Crippen molar-refractivity contribution < 1.29 is 14.6 Å². The molecule has 0 heterocycles. The Hall–Kier alpha value is -0.610. The maximum absolute atomic E-state index is 11.3. The molecule has 0 amide bonds. The van der Waals surface area contributed by atoms with E-state index in [-0.39, 0.29) is 12.5 Å². The van der Waals surface area contributed by atoms with E-state index in [1.54, 1.807) is 0 Å². The van der Waals surface area contributed by atoms with E-state index in [1.807, 2.05) is 6.92 Å². The average molecular weight is 231 g/mol. The molecule has 0 bridgehead atoms. The van der Waals surface area contributed by atoms with E-state index in [2.05, 4.69) is 6.92 Å². The second-order valence-corrected chi connectivity index (χ2v) is 4.19. The summed E-state index contributed by atoms with van der Waals surface area (Å²) in [5.74, 6) is -0.548. The van der Waals surface area contributed by atoms with E-state index in [9.17, 15) is 9.90 Å². The fraction of sp³-hybridized carbons (Fsp3) is 0.917. The number of rotatable bonds is 9. The standard InChI is InChI=1S/C12H25NO3/c1-3-4-5-6-7-10(2)16-12(15)11(14)8-9-13/h10-11,14H,3-9,13H2,1-2H3. The van der Waals surface area contributed by atoms with Gasteiger partial charge in [0.05, 0.1) is 6.10 Å². The molecule has 0 saturated carbocycles. The highest BCUT2D eigenvalue weighted by molar-refractivity contribution is 5.74. The van der Waals surface area contributed by atoms with Gasteiger partial charge in [-0.1, -0.05) is 26.2 Å². The molecular formula is C12H25NO3. The van der Waals surface area contributed by atoms with Crippen LogP contribution >= 0.6 is 0 Å². The van der Waals surface area contributed by atoms with Gasteiger partial charge < -0.3 is 15.6 Å². The minimum Gasteiger partial charge on any atom is -0.461 e. The van der Waals surface area contributed by atoms with Crippen LogP contribution in [-0.4, -0.2) is 29.8 Å². The number of carbonyl (C=O) groups is 1. The summed E-state index contributed by atoms with van der Waals surface area (Å²) in [4.78, 5) is 11.3. The fourth-order valence-electron chi connectivity index (χ4n) is 1.47. The molecular weight excluding hydrogens is 206 g/mol. The zero-order valence-electron chi connectivity index (χ0n) is 10.4. The molecule has 2 unspecified atom stereocenters. The van der Waals surface area contributed by atoms with E-state index >= 15 is 0 Å². The van der Waals surface area contributed by atoms with Crippen LogP contribution in [0.5, 0.6) is 0 Å². The Morgan fingerprint density at radius 1 is 1.31 bits per heavy atom. The van der Waals surface area contributed by atoms with Crippen LogP contribution in [-0.2, 0) is 9.53 Å². The molecule has 0 aromatic carbocycles. The third-order valence-corrected chi connectivity index (χ3v) is 2.49. The molecule has 0 saturated heterocycles. The lowest BCUT2D eigenvalue weighted by Crippen LogP contribution is -2.28. The summed E-state index contributed by atoms with van der Waals surface area (Å²) in [6.45, 7) is 4.31. The second kappa shape index (κ2) is 9.60. The van der Waals surface area contributed by atoms with Gasteiger partial charge in [0, 0.05) is 0 Å². The van der Waals surface area contributed by atoms with E-state index < -0.39 is 12.1 Å². The van der Waals surface area contributed by atoms with E-state index in [0.29, 0.717) is 6.54 Å². The molecule has 0 radical (unpaired) electrons. The Bertz CT molecular complexity index is 185. The Balaban J connectivity index is 3.61. The van der Waals surface area contributed by atoms with Gasteiger partial charge in [-0.3, -0.25) is 0 Å². The quantitative estimate of drug-likeness (QED) is 0.467. The summed E-state index contributed by atoms with van der Waals surface area (Å²) in [6.07, 6.45) is 4.60. The first-order valence-electron chi connectivity index (χ1n) is 6.20. The van der Waals surface area contributed by atoms with Crippen molar-refractivity contribution in [3.8, 4) is 0 Å². The molecule has 0 fully saturated rings. The van der Waals surface area contributed by atoms with Gasteiger partial charge in [0.15, 0.2) is 6.10 Å². The minimum absolute atomic E-state index is 0.114. The van der Waals surface area contributed by atoms with Crippen molar-refractivity contribution in [1.82, 2.24) is 0 Å². The van der Waals surface area contributed by atoms with Crippen LogP contribution in [0.1, 0.15) is 52.4 Å². The highest BCUT2D eigenvalue weighted by Crippen LogP contribution is 2.09. The third kappa shape index (κ3) is 7.65. The number of hydrogen-bond donors (Lipinski definition) is 2. The Kier molecular flexibility index (Phi) is 9.24. The fourth-order valence-corrected chi connectivity index (χ4v) is 1.47. The first kappa shape index (κ1) is 15.4. The van der Waals surface area contributed by atoms with Gasteiger partial charge in [0.25, 0.3) is 0 Å². The summed E-state index contributed by atoms with van der Waals surface area (Å²) in [6, 6.07) is 0. The largest absolute Gasteiger partial charge is 0.461 e. The van der Waals surface area contributed by atoms with Gasteiger partial charge in [-0.15, -0.1) is 0 Å². The zero-order valence-corrected chi connectivity index (χ0v) is 10.4. The molecule has 16 heavy (non-hydrogen) atoms. The van der Waals surface area contributed by atoms with Gasteiger partial charge in [-0.2, -0.15) is 0 Å². The normalized spacial score (nSPS) is 14.5. The first-order valence-corrected chi connectivity index (χ1v) is 6.20. The molecule has 0 aliphatic rings. The Morgan fingerprint density at radius 3 is 2.56 bits per heavy atom. The SMILES string of the molecule is CCCCCCC(C)OC(=O)C(O)CCN. The summed E-state index contributed by atoms with van der Waals surface area (Å²) in [5.41, 5.74) is 5.24. The van der Waals surface area contributed by atoms with Crippen LogP contribution < -0.4 is 5.73 Å². The molecule has 0 rings (SSSR count). The van der Waals surface area contributed by atoms with Crippen molar-refractivity contribution in [2.75, 3.05) is 6.54 Å². The maximum atomic E-state index is 11.3. The number of carbonyl (C=O) groups excluding carboxylic acids is 1.